The molecule has 0 spiro atoms. The van der Waals surface area contributed by atoms with Crippen molar-refractivity contribution < 1.29 is 19.1 Å². The number of carbonyl (C=O) groups excluding carboxylic acids is 3. The van der Waals surface area contributed by atoms with Crippen molar-refractivity contribution >= 4 is 29.1 Å². The van der Waals surface area contributed by atoms with Gasteiger partial charge in [0.1, 0.15) is 6.04 Å². The largest absolute Gasteiger partial charge is 0.381 e. The van der Waals surface area contributed by atoms with Crippen molar-refractivity contribution in [1.29, 1.82) is 0 Å². The number of aromatic amines is 1. The molecule has 1 saturated carbocycles. The highest BCUT2D eigenvalue weighted by molar-refractivity contribution is 5.98. The van der Waals surface area contributed by atoms with Gasteiger partial charge in [-0.1, -0.05) is 42.5 Å². The summed E-state index contributed by atoms with van der Waals surface area (Å²) in [7, 11) is 0. The number of rotatable bonds is 11. The van der Waals surface area contributed by atoms with E-state index in [0.717, 1.165) is 53.6 Å². The third kappa shape index (κ3) is 8.31. The van der Waals surface area contributed by atoms with Crippen LogP contribution in [0.25, 0.3) is 22.5 Å². The van der Waals surface area contributed by atoms with Gasteiger partial charge in [-0.25, -0.2) is 0 Å². The molecule has 12 heteroatoms. The Morgan fingerprint density at radius 2 is 1.50 bits per heavy atom. The quantitative estimate of drug-likeness (QED) is 0.159. The number of nitrogens with one attached hydrogen (secondary N) is 4. The van der Waals surface area contributed by atoms with Gasteiger partial charge in [-0.3, -0.25) is 14.4 Å². The first kappa shape index (κ1) is 33.0. The molecule has 1 aliphatic carbocycles. The number of H-pyrrole nitrogens is 1. The summed E-state index contributed by atoms with van der Waals surface area (Å²) in [6.45, 7) is 1.83. The fourth-order valence-electron chi connectivity index (χ4n) is 6.47. The van der Waals surface area contributed by atoms with Crippen molar-refractivity contribution in [3.63, 3.8) is 0 Å². The molecule has 1 unspecified atom stereocenters. The van der Waals surface area contributed by atoms with E-state index in [-0.39, 0.29) is 29.6 Å². The van der Waals surface area contributed by atoms with Gasteiger partial charge < -0.3 is 26.4 Å². The smallest absolute Gasteiger partial charge is 0.247 e. The zero-order chi connectivity index (χ0) is 33.3. The second-order valence-corrected chi connectivity index (χ2v) is 12.6. The van der Waals surface area contributed by atoms with Crippen LogP contribution in [0.1, 0.15) is 44.1 Å². The van der Waals surface area contributed by atoms with E-state index in [1.54, 1.807) is 24.3 Å². The molecule has 1 atom stereocenters. The summed E-state index contributed by atoms with van der Waals surface area (Å²) in [5.41, 5.74) is 10.7. The van der Waals surface area contributed by atoms with Crippen LogP contribution in [0.15, 0.2) is 72.8 Å². The number of anilines is 2. The van der Waals surface area contributed by atoms with Crippen LogP contribution in [0, 0.1) is 17.8 Å². The number of para-hydroxylation sites is 1. The average Bonchev–Trinajstić information content (AvgIpc) is 3.68. The van der Waals surface area contributed by atoms with E-state index in [9.17, 15) is 14.4 Å². The number of tetrazole rings is 1. The van der Waals surface area contributed by atoms with Crippen molar-refractivity contribution in [2.24, 2.45) is 23.5 Å². The minimum absolute atomic E-state index is 0.00734. The SMILES string of the molecule is NCC1CCC(C(=O)NC(Cc2ccc(-c3ccccc3NC(=O)C3CCOCC3)cc2)C(=O)Nc2ccc(-c3nn[nH]n3)cc2)CC1. The summed E-state index contributed by atoms with van der Waals surface area (Å²) >= 11 is 0. The van der Waals surface area contributed by atoms with Crippen molar-refractivity contribution in [2.75, 3.05) is 30.4 Å². The normalized spacial score (nSPS) is 18.9. The zero-order valence-corrected chi connectivity index (χ0v) is 26.9. The number of amides is 3. The molecule has 4 aromatic rings. The topological polar surface area (TPSA) is 177 Å². The van der Waals surface area contributed by atoms with Gasteiger partial charge in [0.25, 0.3) is 0 Å². The number of benzene rings is 3. The van der Waals surface area contributed by atoms with Crippen LogP contribution in [0.2, 0.25) is 0 Å². The molecule has 12 nitrogen and oxygen atoms in total. The highest BCUT2D eigenvalue weighted by atomic mass is 16.5. The third-order valence-corrected chi connectivity index (χ3v) is 9.42. The number of aromatic nitrogens is 4. The highest BCUT2D eigenvalue weighted by Gasteiger charge is 2.29. The summed E-state index contributed by atoms with van der Waals surface area (Å²) in [5, 5.41) is 23.1. The molecule has 250 valence electrons. The van der Waals surface area contributed by atoms with Crippen molar-refractivity contribution in [1.82, 2.24) is 25.9 Å². The lowest BCUT2D eigenvalue weighted by Gasteiger charge is -2.28. The lowest BCUT2D eigenvalue weighted by atomic mass is 9.81. The van der Waals surface area contributed by atoms with Crippen molar-refractivity contribution in [3.8, 4) is 22.5 Å². The first-order chi connectivity index (χ1) is 23.5. The molecule has 0 radical (unpaired) electrons. The molecule has 2 fully saturated rings. The summed E-state index contributed by atoms with van der Waals surface area (Å²) in [6, 6.07) is 22.0. The van der Waals surface area contributed by atoms with Crippen LogP contribution in [0.3, 0.4) is 0 Å². The third-order valence-electron chi connectivity index (χ3n) is 9.42. The van der Waals surface area contributed by atoms with Crippen LogP contribution in [-0.2, 0) is 25.5 Å². The van der Waals surface area contributed by atoms with Gasteiger partial charge in [0, 0.05) is 54.0 Å². The lowest BCUT2D eigenvalue weighted by molar-refractivity contribution is -0.130. The molecule has 1 aliphatic heterocycles. The Labute approximate surface area is 279 Å². The number of nitrogens with two attached hydrogens (primary N) is 1. The van der Waals surface area contributed by atoms with Crippen LogP contribution in [-0.4, -0.2) is 64.1 Å². The van der Waals surface area contributed by atoms with E-state index in [1.165, 1.54) is 0 Å². The molecule has 3 amide bonds. The highest BCUT2D eigenvalue weighted by Crippen LogP contribution is 2.31. The second kappa shape index (κ2) is 15.8. The van der Waals surface area contributed by atoms with Gasteiger partial charge in [0.2, 0.25) is 23.5 Å². The maximum absolute atomic E-state index is 13.7. The molecule has 1 aromatic heterocycles. The van der Waals surface area contributed by atoms with E-state index >= 15 is 0 Å². The minimum Gasteiger partial charge on any atom is -0.381 e. The Kier molecular flexibility index (Phi) is 10.8. The molecular formula is C36H42N8O4. The molecule has 48 heavy (non-hydrogen) atoms. The first-order valence-electron chi connectivity index (χ1n) is 16.7. The predicted octanol–water partition coefficient (Wildman–Crippen LogP) is 4.33. The molecule has 1 saturated heterocycles. The van der Waals surface area contributed by atoms with E-state index in [4.69, 9.17) is 10.5 Å². The van der Waals surface area contributed by atoms with Crippen LogP contribution in [0.4, 0.5) is 11.4 Å². The Morgan fingerprint density at radius 1 is 0.812 bits per heavy atom. The van der Waals surface area contributed by atoms with E-state index in [1.807, 2.05) is 48.5 Å². The summed E-state index contributed by atoms with van der Waals surface area (Å²) in [5.74, 6) is 0.282. The fraction of sp³-hybridized carbons (Fsp3) is 0.389. The lowest BCUT2D eigenvalue weighted by Crippen LogP contribution is -2.48. The molecule has 6 rings (SSSR count). The van der Waals surface area contributed by atoms with Gasteiger partial charge >= 0.3 is 0 Å². The van der Waals surface area contributed by atoms with Crippen LogP contribution < -0.4 is 21.7 Å². The van der Waals surface area contributed by atoms with Gasteiger partial charge in [-0.15, -0.1) is 10.2 Å². The van der Waals surface area contributed by atoms with E-state index in [0.29, 0.717) is 56.5 Å². The molecule has 0 bridgehead atoms. The van der Waals surface area contributed by atoms with E-state index < -0.39 is 6.04 Å². The monoisotopic (exact) mass is 650 g/mol. The number of nitrogens with zero attached hydrogens (tertiary/aromatic N) is 3. The predicted molar refractivity (Wildman–Crippen MR) is 182 cm³/mol. The molecule has 6 N–H and O–H groups in total. The number of carbonyl (C=O) groups is 3. The minimum atomic E-state index is -0.793. The number of hydrogen-bond donors (Lipinski definition) is 5. The molecule has 2 aliphatic rings. The van der Waals surface area contributed by atoms with Gasteiger partial charge in [0.05, 0.1) is 0 Å². The standard InChI is InChI=1S/C36H42N8O4/c37-22-24-7-11-27(12-8-24)34(45)40-32(36(47)38-29-15-13-26(14-16-29)33-41-43-44-42-33)21-23-5-9-25(10-6-23)30-3-1-2-4-31(30)39-35(46)28-17-19-48-20-18-28/h1-6,9-10,13-16,24,27-28,32H,7-8,11-12,17-22,37H2,(H,38,47)(H,39,46)(H,40,45)(H,41,42,43,44). The Balaban J connectivity index is 1.16. The van der Waals surface area contributed by atoms with Gasteiger partial charge in [-0.05, 0) is 97.7 Å². The van der Waals surface area contributed by atoms with Gasteiger partial charge in [-0.2, -0.15) is 5.21 Å². The van der Waals surface area contributed by atoms with Crippen molar-refractivity contribution in [2.45, 2.75) is 51.0 Å². The first-order valence-corrected chi connectivity index (χ1v) is 16.7. The number of hydrogen-bond acceptors (Lipinski definition) is 8. The Hall–Kier alpha value is -4.94. The fourth-order valence-corrected chi connectivity index (χ4v) is 6.47. The zero-order valence-electron chi connectivity index (χ0n) is 26.9. The van der Waals surface area contributed by atoms with E-state index in [2.05, 4.69) is 36.6 Å². The summed E-state index contributed by atoms with van der Waals surface area (Å²) in [6.07, 6.45) is 5.09. The molecular weight excluding hydrogens is 608 g/mol. The van der Waals surface area contributed by atoms with Crippen LogP contribution >= 0.6 is 0 Å². The molecule has 3 aromatic carbocycles. The van der Waals surface area contributed by atoms with Crippen molar-refractivity contribution in [3.05, 3.63) is 78.4 Å². The maximum Gasteiger partial charge on any atom is 0.247 e. The molecule has 2 heterocycles. The Morgan fingerprint density at radius 3 is 2.19 bits per heavy atom. The number of ether oxygens (including phenoxy) is 1. The summed E-state index contributed by atoms with van der Waals surface area (Å²) < 4.78 is 5.41. The Bertz CT molecular complexity index is 1660. The average molecular weight is 651 g/mol. The van der Waals surface area contributed by atoms with Crippen LogP contribution in [0.5, 0.6) is 0 Å². The van der Waals surface area contributed by atoms with Gasteiger partial charge in [0.15, 0.2) is 0 Å². The maximum atomic E-state index is 13.7. The summed E-state index contributed by atoms with van der Waals surface area (Å²) in [4.78, 5) is 40.1. The second-order valence-electron chi connectivity index (χ2n) is 12.6.